The Morgan fingerprint density at radius 3 is 2.22 bits per heavy atom. The van der Waals surface area contributed by atoms with Gasteiger partial charge in [0.15, 0.2) is 0 Å². The van der Waals surface area contributed by atoms with Crippen LogP contribution in [0.2, 0.25) is 0 Å². The van der Waals surface area contributed by atoms with Crippen molar-refractivity contribution in [2.45, 2.75) is 33.8 Å². The highest BCUT2D eigenvalue weighted by Gasteiger charge is 2.29. The van der Waals surface area contributed by atoms with E-state index in [0.29, 0.717) is 11.3 Å². The molecule has 7 nitrogen and oxygen atoms in total. The molecule has 0 aliphatic carbocycles. The van der Waals surface area contributed by atoms with E-state index in [9.17, 15) is 14.4 Å². The summed E-state index contributed by atoms with van der Waals surface area (Å²) in [6, 6.07) is 9.17. The maximum Gasteiger partial charge on any atom is 0.355 e. The molecule has 0 aliphatic rings. The van der Waals surface area contributed by atoms with Gasteiger partial charge in [-0.05, 0) is 31.9 Å². The fourth-order valence-corrected chi connectivity index (χ4v) is 2.62. The van der Waals surface area contributed by atoms with Crippen molar-refractivity contribution < 1.29 is 28.6 Å². The summed E-state index contributed by atoms with van der Waals surface area (Å²) in [6.45, 7) is 5.46. The van der Waals surface area contributed by atoms with E-state index in [1.165, 1.54) is 0 Å². The highest BCUT2D eigenvalue weighted by atomic mass is 16.5. The molecule has 2 aromatic rings. The highest BCUT2D eigenvalue weighted by Crippen LogP contribution is 2.23. The SMILES string of the molecule is CCOC(=O)Cc1c(C)[nH]c(C(=O)OCC)c1C(=O)OCc1ccccc1. The molecule has 0 saturated heterocycles. The largest absolute Gasteiger partial charge is 0.466 e. The van der Waals surface area contributed by atoms with Crippen LogP contribution in [0, 0.1) is 6.92 Å². The first-order valence-corrected chi connectivity index (χ1v) is 8.73. The van der Waals surface area contributed by atoms with Crippen molar-refractivity contribution >= 4 is 17.9 Å². The van der Waals surface area contributed by atoms with E-state index >= 15 is 0 Å². The molecule has 0 radical (unpaired) electrons. The van der Waals surface area contributed by atoms with Crippen LogP contribution in [0.5, 0.6) is 0 Å². The molecule has 0 unspecified atom stereocenters. The summed E-state index contributed by atoms with van der Waals surface area (Å²) in [7, 11) is 0. The van der Waals surface area contributed by atoms with E-state index in [1.54, 1.807) is 20.8 Å². The Balaban J connectivity index is 2.32. The van der Waals surface area contributed by atoms with Crippen LogP contribution in [-0.2, 0) is 32.0 Å². The van der Waals surface area contributed by atoms with Gasteiger partial charge < -0.3 is 19.2 Å². The summed E-state index contributed by atoms with van der Waals surface area (Å²) in [4.78, 5) is 39.7. The fourth-order valence-electron chi connectivity index (χ4n) is 2.62. The third-order valence-corrected chi connectivity index (χ3v) is 3.84. The lowest BCUT2D eigenvalue weighted by Gasteiger charge is -2.09. The molecule has 1 heterocycles. The average molecular weight is 373 g/mol. The first-order valence-electron chi connectivity index (χ1n) is 8.73. The predicted molar refractivity (Wildman–Crippen MR) is 97.4 cm³/mol. The third-order valence-electron chi connectivity index (χ3n) is 3.84. The van der Waals surface area contributed by atoms with Crippen molar-refractivity contribution in [3.63, 3.8) is 0 Å². The Labute approximate surface area is 157 Å². The van der Waals surface area contributed by atoms with E-state index in [0.717, 1.165) is 5.56 Å². The van der Waals surface area contributed by atoms with Gasteiger partial charge in [0.25, 0.3) is 0 Å². The third kappa shape index (κ3) is 5.20. The first kappa shape index (κ1) is 20.2. The number of ether oxygens (including phenoxy) is 3. The zero-order chi connectivity index (χ0) is 19.8. The standard InChI is InChI=1S/C20H23NO6/c1-4-25-16(22)11-15-13(3)21-18(20(24)26-5-2)17(15)19(23)27-12-14-9-7-6-8-10-14/h6-10,21H,4-5,11-12H2,1-3H3. The lowest BCUT2D eigenvalue weighted by atomic mass is 10.1. The molecular weight excluding hydrogens is 350 g/mol. The van der Waals surface area contributed by atoms with E-state index in [1.807, 2.05) is 30.3 Å². The van der Waals surface area contributed by atoms with E-state index in [-0.39, 0.29) is 37.5 Å². The summed E-state index contributed by atoms with van der Waals surface area (Å²) in [5.41, 5.74) is 1.68. The van der Waals surface area contributed by atoms with Crippen LogP contribution in [0.15, 0.2) is 30.3 Å². The summed E-state index contributed by atoms with van der Waals surface area (Å²) in [5, 5.41) is 0. The number of aromatic amines is 1. The zero-order valence-corrected chi connectivity index (χ0v) is 15.7. The number of nitrogens with one attached hydrogen (secondary N) is 1. The predicted octanol–water partition coefficient (Wildman–Crippen LogP) is 2.96. The second-order valence-corrected chi connectivity index (χ2v) is 5.74. The summed E-state index contributed by atoms with van der Waals surface area (Å²) >= 11 is 0. The van der Waals surface area contributed by atoms with Gasteiger partial charge in [0.2, 0.25) is 0 Å². The Hall–Kier alpha value is -3.09. The van der Waals surface area contributed by atoms with Gasteiger partial charge in [0.1, 0.15) is 12.3 Å². The molecule has 27 heavy (non-hydrogen) atoms. The van der Waals surface area contributed by atoms with Crippen LogP contribution in [0.3, 0.4) is 0 Å². The molecule has 0 saturated carbocycles. The molecule has 0 atom stereocenters. The van der Waals surface area contributed by atoms with E-state index < -0.39 is 17.9 Å². The molecular formula is C20H23NO6. The van der Waals surface area contributed by atoms with Gasteiger partial charge in [-0.2, -0.15) is 0 Å². The maximum atomic E-state index is 12.7. The number of aromatic nitrogens is 1. The number of esters is 3. The van der Waals surface area contributed by atoms with E-state index in [2.05, 4.69) is 4.98 Å². The smallest absolute Gasteiger partial charge is 0.355 e. The second kappa shape index (κ2) is 9.56. The molecule has 2 rings (SSSR count). The molecule has 1 N–H and O–H groups in total. The van der Waals surface area contributed by atoms with Crippen molar-refractivity contribution in [3.8, 4) is 0 Å². The van der Waals surface area contributed by atoms with Crippen molar-refractivity contribution in [2.24, 2.45) is 0 Å². The van der Waals surface area contributed by atoms with Crippen LogP contribution in [-0.4, -0.2) is 36.1 Å². The van der Waals surface area contributed by atoms with Crippen LogP contribution in [0.25, 0.3) is 0 Å². The lowest BCUT2D eigenvalue weighted by molar-refractivity contribution is -0.142. The van der Waals surface area contributed by atoms with Gasteiger partial charge >= 0.3 is 17.9 Å². The quantitative estimate of drug-likeness (QED) is 0.565. The minimum atomic E-state index is -0.703. The van der Waals surface area contributed by atoms with Gasteiger partial charge in [-0.15, -0.1) is 0 Å². The Kier molecular flexibility index (Phi) is 7.16. The minimum absolute atomic E-state index is 0.00920. The van der Waals surface area contributed by atoms with Gasteiger partial charge in [0, 0.05) is 5.69 Å². The summed E-state index contributed by atoms with van der Waals surface area (Å²) in [5.74, 6) is -1.87. The monoisotopic (exact) mass is 373 g/mol. The molecule has 0 amide bonds. The number of benzene rings is 1. The number of hydrogen-bond acceptors (Lipinski definition) is 6. The van der Waals surface area contributed by atoms with Gasteiger partial charge in [0.05, 0.1) is 25.2 Å². The Morgan fingerprint density at radius 2 is 1.59 bits per heavy atom. The maximum absolute atomic E-state index is 12.7. The Morgan fingerprint density at radius 1 is 0.926 bits per heavy atom. The van der Waals surface area contributed by atoms with Gasteiger partial charge in [-0.3, -0.25) is 4.79 Å². The van der Waals surface area contributed by atoms with Crippen molar-refractivity contribution in [1.82, 2.24) is 4.98 Å². The van der Waals surface area contributed by atoms with Crippen molar-refractivity contribution in [2.75, 3.05) is 13.2 Å². The molecule has 1 aromatic carbocycles. The van der Waals surface area contributed by atoms with Crippen LogP contribution >= 0.6 is 0 Å². The molecule has 0 fully saturated rings. The average Bonchev–Trinajstić information content (AvgIpc) is 2.97. The fraction of sp³-hybridized carbons (Fsp3) is 0.350. The lowest BCUT2D eigenvalue weighted by Crippen LogP contribution is -2.16. The topological polar surface area (TPSA) is 94.7 Å². The van der Waals surface area contributed by atoms with Crippen molar-refractivity contribution in [3.05, 3.63) is 58.4 Å². The zero-order valence-electron chi connectivity index (χ0n) is 15.7. The first-order chi connectivity index (χ1) is 13.0. The highest BCUT2D eigenvalue weighted by molar-refractivity contribution is 6.04. The summed E-state index contributed by atoms with van der Waals surface area (Å²) < 4.78 is 15.3. The Bertz CT molecular complexity index is 809. The van der Waals surface area contributed by atoms with Crippen molar-refractivity contribution in [1.29, 1.82) is 0 Å². The second-order valence-electron chi connectivity index (χ2n) is 5.74. The molecule has 1 aromatic heterocycles. The molecule has 7 heteroatoms. The van der Waals surface area contributed by atoms with Crippen LogP contribution in [0.1, 0.15) is 51.5 Å². The molecule has 0 bridgehead atoms. The number of hydrogen-bond donors (Lipinski definition) is 1. The van der Waals surface area contributed by atoms with Gasteiger partial charge in [-0.1, -0.05) is 30.3 Å². The number of carbonyl (C=O) groups is 3. The summed E-state index contributed by atoms with van der Waals surface area (Å²) in [6.07, 6.45) is -0.147. The molecule has 0 aliphatic heterocycles. The van der Waals surface area contributed by atoms with Gasteiger partial charge in [-0.25, -0.2) is 9.59 Å². The molecule has 0 spiro atoms. The number of aryl methyl sites for hydroxylation is 1. The normalized spacial score (nSPS) is 10.3. The number of rotatable bonds is 8. The molecule has 144 valence electrons. The van der Waals surface area contributed by atoms with Crippen LogP contribution < -0.4 is 0 Å². The van der Waals surface area contributed by atoms with Crippen LogP contribution in [0.4, 0.5) is 0 Å². The number of carbonyl (C=O) groups excluding carboxylic acids is 3. The van der Waals surface area contributed by atoms with E-state index in [4.69, 9.17) is 14.2 Å². The number of H-pyrrole nitrogens is 1. The minimum Gasteiger partial charge on any atom is -0.466 e.